The highest BCUT2D eigenvalue weighted by Crippen LogP contribution is 2.18. The third-order valence-electron chi connectivity index (χ3n) is 6.30. The number of carbonyl (C=O) groups excluding carboxylic acids is 3. The van der Waals surface area contributed by atoms with Gasteiger partial charge in [0, 0.05) is 41.9 Å². The van der Waals surface area contributed by atoms with Crippen LogP contribution in [-0.2, 0) is 35.2 Å². The van der Waals surface area contributed by atoms with Crippen molar-refractivity contribution in [3.63, 3.8) is 0 Å². The Morgan fingerprint density at radius 1 is 0.638 bits per heavy atom. The molecular weight excluding hydrogens is 595 g/mol. The van der Waals surface area contributed by atoms with Crippen molar-refractivity contribution < 1.29 is 38.1 Å². The van der Waals surface area contributed by atoms with Gasteiger partial charge in [0.25, 0.3) is 0 Å². The molecule has 3 atom stereocenters. The summed E-state index contributed by atoms with van der Waals surface area (Å²) in [7, 11) is 3.10. The number of benzene rings is 3. The molecule has 0 spiro atoms. The lowest BCUT2D eigenvalue weighted by Gasteiger charge is -2.22. The van der Waals surface area contributed by atoms with Crippen LogP contribution < -0.4 is 9.47 Å². The maximum Gasteiger partial charge on any atom is 0.319 e. The van der Waals surface area contributed by atoms with Crippen LogP contribution in [0.3, 0.4) is 0 Å². The summed E-state index contributed by atoms with van der Waals surface area (Å²) in [5.41, 5.74) is 0.865. The number of rotatable bonds is 17. The molecule has 9 heteroatoms. The van der Waals surface area contributed by atoms with Crippen LogP contribution in [0.4, 0.5) is 0 Å². The van der Waals surface area contributed by atoms with Gasteiger partial charge in [0.2, 0.25) is 0 Å². The number of ketones is 2. The van der Waals surface area contributed by atoms with Crippen molar-refractivity contribution in [2.45, 2.75) is 81.6 Å². The van der Waals surface area contributed by atoms with Gasteiger partial charge >= 0.3 is 5.97 Å². The fraction of sp³-hybridized carbons (Fsp3) is 0.447. The van der Waals surface area contributed by atoms with Crippen LogP contribution in [0.15, 0.2) is 91.0 Å². The SMILES string of the molecule is C.C.C.C.COC(CCOc1ccccc1)C(C(C)=O)C(=O)OCc1ccccc1.COC(CCOc1ccccc1)CC(C)=O.[B]. The Hall–Kier alpha value is -3.95. The molecule has 261 valence electrons. The molecule has 0 saturated heterocycles. The smallest absolute Gasteiger partial charge is 0.319 e. The first-order valence-electron chi connectivity index (χ1n) is 14.0. The Morgan fingerprint density at radius 3 is 1.49 bits per heavy atom. The first-order chi connectivity index (χ1) is 20.3. The van der Waals surface area contributed by atoms with Crippen LogP contribution in [0.5, 0.6) is 11.5 Å². The van der Waals surface area contributed by atoms with Gasteiger partial charge in [-0.05, 0) is 43.7 Å². The molecule has 0 heterocycles. The molecule has 0 aliphatic heterocycles. The summed E-state index contributed by atoms with van der Waals surface area (Å²) >= 11 is 0. The number of carbonyl (C=O) groups is 3. The highest BCUT2D eigenvalue weighted by molar-refractivity contribution is 5.98. The quantitative estimate of drug-likeness (QED) is 0.0821. The largest absolute Gasteiger partial charge is 0.493 e. The molecule has 47 heavy (non-hydrogen) atoms. The number of hydrogen-bond donors (Lipinski definition) is 0. The molecule has 3 aromatic carbocycles. The van der Waals surface area contributed by atoms with Crippen molar-refractivity contribution in [3.8, 4) is 11.5 Å². The Labute approximate surface area is 286 Å². The van der Waals surface area contributed by atoms with Crippen LogP contribution in [0.2, 0.25) is 0 Å². The monoisotopic (exact) mass is 653 g/mol. The Balaban J connectivity index is -0.000000387. The molecule has 0 aromatic heterocycles. The van der Waals surface area contributed by atoms with Gasteiger partial charge in [-0.25, -0.2) is 0 Å². The molecule has 0 aliphatic carbocycles. The molecule has 0 N–H and O–H groups in total. The van der Waals surface area contributed by atoms with Gasteiger partial charge in [0.05, 0.1) is 25.4 Å². The third-order valence-corrected chi connectivity index (χ3v) is 6.30. The normalized spacial score (nSPS) is 11.2. The predicted molar refractivity (Wildman–Crippen MR) is 193 cm³/mol. The van der Waals surface area contributed by atoms with Crippen LogP contribution in [-0.4, -0.2) is 65.6 Å². The minimum absolute atomic E-state index is 0. The number of para-hydroxylation sites is 2. The van der Waals surface area contributed by atoms with E-state index < -0.39 is 18.0 Å². The number of hydrogen-bond acceptors (Lipinski definition) is 8. The van der Waals surface area contributed by atoms with E-state index in [1.165, 1.54) is 14.0 Å². The van der Waals surface area contributed by atoms with E-state index in [0.717, 1.165) is 23.5 Å². The second-order valence-corrected chi connectivity index (χ2v) is 9.62. The fourth-order valence-electron chi connectivity index (χ4n) is 4.08. The summed E-state index contributed by atoms with van der Waals surface area (Å²) in [5.74, 6) is -0.106. The molecule has 3 radical (unpaired) electrons. The lowest BCUT2D eigenvalue weighted by atomic mass is 9.96. The lowest BCUT2D eigenvalue weighted by molar-refractivity contribution is -0.158. The lowest BCUT2D eigenvalue weighted by Crippen LogP contribution is -2.37. The number of methoxy groups -OCH3 is 2. The standard InChI is InChI=1S/C21H24O5.C13H18O3.4CH4.B/c1-16(22)20(21(23)26-15-17-9-5-3-6-10-17)19(24-2)13-14-25-18-11-7-4-8-12-18;1-11(14)10-13(15-2)8-9-16-12-6-4-3-5-7-12;;;;;/h3-12,19-20H,13-15H2,1-2H3;3-7,13H,8-10H2,1-2H3;4*1H4;. The van der Waals surface area contributed by atoms with E-state index in [4.69, 9.17) is 23.7 Å². The number of esters is 1. The van der Waals surface area contributed by atoms with Crippen molar-refractivity contribution in [1.29, 1.82) is 0 Å². The zero-order valence-electron chi connectivity index (χ0n) is 25.5. The first kappa shape index (κ1) is 49.9. The maximum atomic E-state index is 12.4. The van der Waals surface area contributed by atoms with E-state index >= 15 is 0 Å². The van der Waals surface area contributed by atoms with Gasteiger partial charge in [-0.2, -0.15) is 0 Å². The van der Waals surface area contributed by atoms with Gasteiger partial charge in [0.15, 0.2) is 0 Å². The molecule has 3 aromatic rings. The number of Topliss-reactive ketones (excluding diaryl/α,β-unsaturated/α-hetero) is 2. The van der Waals surface area contributed by atoms with Crippen molar-refractivity contribution in [1.82, 2.24) is 0 Å². The molecule has 3 unspecified atom stereocenters. The third kappa shape index (κ3) is 20.7. The average Bonchev–Trinajstić information content (AvgIpc) is 3.00. The van der Waals surface area contributed by atoms with Gasteiger partial charge in [-0.1, -0.05) is 96.4 Å². The highest BCUT2D eigenvalue weighted by Gasteiger charge is 2.34. The second-order valence-electron chi connectivity index (χ2n) is 9.62. The fourth-order valence-corrected chi connectivity index (χ4v) is 4.08. The highest BCUT2D eigenvalue weighted by atomic mass is 16.5. The van der Waals surface area contributed by atoms with Crippen LogP contribution in [0.1, 0.15) is 68.4 Å². The molecule has 8 nitrogen and oxygen atoms in total. The minimum Gasteiger partial charge on any atom is -0.493 e. The van der Waals surface area contributed by atoms with E-state index in [9.17, 15) is 14.4 Å². The second kappa shape index (κ2) is 29.5. The van der Waals surface area contributed by atoms with E-state index in [0.29, 0.717) is 26.1 Å². The van der Waals surface area contributed by atoms with Gasteiger partial charge in [-0.15, -0.1) is 0 Å². The van der Waals surface area contributed by atoms with Gasteiger partial charge in [0.1, 0.15) is 35.6 Å². The topological polar surface area (TPSA) is 97.4 Å². The molecule has 0 saturated carbocycles. The van der Waals surface area contributed by atoms with E-state index in [-0.39, 0.29) is 62.4 Å². The Morgan fingerprint density at radius 2 is 1.09 bits per heavy atom. The van der Waals surface area contributed by atoms with Gasteiger partial charge < -0.3 is 23.7 Å². The summed E-state index contributed by atoms with van der Waals surface area (Å²) in [6, 6.07) is 28.3. The van der Waals surface area contributed by atoms with E-state index in [2.05, 4.69) is 0 Å². The van der Waals surface area contributed by atoms with E-state index in [1.807, 2.05) is 91.0 Å². The van der Waals surface area contributed by atoms with Crippen molar-refractivity contribution in [2.24, 2.45) is 5.92 Å². The zero-order valence-corrected chi connectivity index (χ0v) is 25.5. The van der Waals surface area contributed by atoms with Crippen molar-refractivity contribution in [3.05, 3.63) is 96.6 Å². The number of ether oxygens (including phenoxy) is 5. The van der Waals surface area contributed by atoms with Crippen molar-refractivity contribution >= 4 is 25.9 Å². The van der Waals surface area contributed by atoms with Gasteiger partial charge in [-0.3, -0.25) is 14.4 Å². The maximum absolute atomic E-state index is 12.4. The molecule has 0 fully saturated rings. The van der Waals surface area contributed by atoms with Crippen LogP contribution in [0.25, 0.3) is 0 Å². The Bertz CT molecular complexity index is 1180. The summed E-state index contributed by atoms with van der Waals surface area (Å²) in [6.45, 7) is 3.97. The molecule has 0 amide bonds. The van der Waals surface area contributed by atoms with E-state index in [1.54, 1.807) is 14.0 Å². The predicted octanol–water partition coefficient (Wildman–Crippen LogP) is 8.03. The summed E-state index contributed by atoms with van der Waals surface area (Å²) < 4.78 is 27.1. The summed E-state index contributed by atoms with van der Waals surface area (Å²) in [4.78, 5) is 35.4. The molecule has 0 bridgehead atoms. The summed E-state index contributed by atoms with van der Waals surface area (Å²) in [6.07, 6.45) is 0.941. The van der Waals surface area contributed by atoms with Crippen LogP contribution in [0, 0.1) is 5.92 Å². The molecule has 0 aliphatic rings. The zero-order chi connectivity index (χ0) is 30.6. The van der Waals surface area contributed by atoms with Crippen molar-refractivity contribution in [2.75, 3.05) is 27.4 Å². The minimum atomic E-state index is -0.969. The molecular formula is C38H58BO8. The van der Waals surface area contributed by atoms with Crippen LogP contribution >= 0.6 is 0 Å². The molecule has 3 rings (SSSR count). The Kier molecular flexibility index (Phi) is 31.3. The average molecular weight is 654 g/mol. The summed E-state index contributed by atoms with van der Waals surface area (Å²) in [5, 5.41) is 0. The first-order valence-corrected chi connectivity index (χ1v) is 14.0.